The summed E-state index contributed by atoms with van der Waals surface area (Å²) in [6.07, 6.45) is 7.33. The topological polar surface area (TPSA) is 52.4 Å². The summed E-state index contributed by atoms with van der Waals surface area (Å²) in [5.74, 6) is -1.03. The molecule has 2 unspecified atom stereocenters. The van der Waals surface area contributed by atoms with E-state index in [0.717, 1.165) is 5.56 Å². The monoisotopic (exact) mass is 412 g/mol. The number of rotatable bonds is 2. The summed E-state index contributed by atoms with van der Waals surface area (Å²) < 4.78 is 5.06. The van der Waals surface area contributed by atoms with E-state index >= 15 is 0 Å². The fourth-order valence-corrected chi connectivity index (χ4v) is 4.66. The summed E-state index contributed by atoms with van der Waals surface area (Å²) in [5, 5.41) is 8.15. The third kappa shape index (κ3) is 2.23. The first-order valence-corrected chi connectivity index (χ1v) is 8.36. The van der Waals surface area contributed by atoms with E-state index in [1.807, 2.05) is 37.4 Å². The van der Waals surface area contributed by atoms with Crippen molar-refractivity contribution in [2.75, 3.05) is 14.2 Å². The van der Waals surface area contributed by atoms with Crippen LogP contribution in [0.1, 0.15) is 11.5 Å². The van der Waals surface area contributed by atoms with Gasteiger partial charge in [-0.2, -0.15) is 0 Å². The number of carbonyl (C=O) groups is 1. The molecule has 1 saturated heterocycles. The first kappa shape index (κ1) is 15.7. The summed E-state index contributed by atoms with van der Waals surface area (Å²) in [4.78, 5) is 14.3. The Bertz CT molecular complexity index is 627. The van der Waals surface area contributed by atoms with Gasteiger partial charge in [-0.3, -0.25) is 4.79 Å². The second-order valence-electron chi connectivity index (χ2n) is 5.74. The fraction of sp³-hybridized carbons (Fsp3) is 0.353. The summed E-state index contributed by atoms with van der Waals surface area (Å²) in [6, 6.07) is 10.1. The fourth-order valence-electron chi connectivity index (χ4n) is 3.25. The number of ether oxygens (including phenoxy) is 1. The molecule has 0 radical (unpaired) electrons. The van der Waals surface area contributed by atoms with E-state index in [-0.39, 0.29) is 15.7 Å². The highest BCUT2D eigenvalue weighted by atomic mass is 127. The van der Waals surface area contributed by atoms with Crippen LogP contribution in [-0.2, 0) is 9.53 Å². The molecule has 2 atom stereocenters. The molecule has 1 aliphatic heterocycles. The summed E-state index contributed by atoms with van der Waals surface area (Å²) in [5.41, 5.74) is 0.594. The Hall–Kier alpha value is -1.18. The second-order valence-corrected chi connectivity index (χ2v) is 7.08. The van der Waals surface area contributed by atoms with Crippen LogP contribution in [0.15, 0.2) is 54.6 Å². The number of benzene rings is 1. The van der Waals surface area contributed by atoms with Crippen molar-refractivity contribution in [2.24, 2.45) is 0 Å². The molecule has 1 fully saturated rings. The Kier molecular flexibility index (Phi) is 3.91. The molecule has 3 rings (SSSR count). The lowest BCUT2D eigenvalue weighted by Gasteiger charge is -2.38. The number of halogens is 1. The Morgan fingerprint density at radius 2 is 1.77 bits per heavy atom. The van der Waals surface area contributed by atoms with Crippen molar-refractivity contribution in [3.05, 3.63) is 60.2 Å². The van der Waals surface area contributed by atoms with Gasteiger partial charge in [0.05, 0.1) is 9.46 Å². The predicted molar refractivity (Wildman–Crippen MR) is 94.1 cm³/mol. The van der Waals surface area contributed by atoms with E-state index in [1.54, 1.807) is 17.1 Å². The zero-order valence-electron chi connectivity index (χ0n) is 12.5. The van der Waals surface area contributed by atoms with Crippen LogP contribution in [-0.4, -0.2) is 45.3 Å². The molecular formula is C17H19INO3+. The van der Waals surface area contributed by atoms with E-state index in [4.69, 9.17) is 9.84 Å². The maximum absolute atomic E-state index is 12.6. The van der Waals surface area contributed by atoms with Gasteiger partial charge in [-0.25, -0.2) is 0 Å². The molecule has 1 amide bonds. The largest absolute Gasteiger partial charge is 0.413 e. The highest BCUT2D eigenvalue weighted by Gasteiger charge is 2.56. The van der Waals surface area contributed by atoms with Crippen LogP contribution in [0.4, 0.5) is 0 Å². The van der Waals surface area contributed by atoms with Gasteiger partial charge in [-0.05, 0) is 17.7 Å². The number of amides is 1. The summed E-state index contributed by atoms with van der Waals surface area (Å²) in [7, 11) is 3.34. The molecule has 2 aliphatic rings. The standard InChI is InChI=1S/C17H18INO3/c1-19-15(20)14(18)13(12-6-4-3-5-7-12)16(19)8-10-17(21,22-2)11-9-16/h3-11,13-14,21H,1-2H3/p+1. The third-order valence-electron chi connectivity index (χ3n) is 4.63. The average molecular weight is 412 g/mol. The number of hydrogen-bond donors (Lipinski definition) is 0. The molecule has 0 bridgehead atoms. The average Bonchev–Trinajstić information content (AvgIpc) is 2.73. The van der Waals surface area contributed by atoms with Crippen molar-refractivity contribution in [3.8, 4) is 0 Å². The maximum atomic E-state index is 12.6. The van der Waals surface area contributed by atoms with Gasteiger partial charge in [-0.15, -0.1) is 0 Å². The van der Waals surface area contributed by atoms with Crippen LogP contribution in [0.25, 0.3) is 0 Å². The SMILES string of the molecule is COC1([OH2+])C=CC2(C=C1)C(c1ccccc1)C(I)C(=O)N2C. The maximum Gasteiger partial charge on any atom is 0.314 e. The molecule has 0 aromatic heterocycles. The highest BCUT2D eigenvalue weighted by molar-refractivity contribution is 14.1. The van der Waals surface area contributed by atoms with Crippen LogP contribution < -0.4 is 0 Å². The molecule has 0 saturated carbocycles. The lowest BCUT2D eigenvalue weighted by molar-refractivity contribution is -0.128. The molecule has 22 heavy (non-hydrogen) atoms. The van der Waals surface area contributed by atoms with Gasteiger partial charge in [0.2, 0.25) is 5.91 Å². The normalized spacial score (nSPS) is 37.3. The third-order valence-corrected chi connectivity index (χ3v) is 5.88. The van der Waals surface area contributed by atoms with E-state index < -0.39 is 11.3 Å². The Labute approximate surface area is 143 Å². The molecule has 2 N–H and O–H groups in total. The Morgan fingerprint density at radius 3 is 2.32 bits per heavy atom. The van der Waals surface area contributed by atoms with Gasteiger partial charge in [-0.1, -0.05) is 52.9 Å². The van der Waals surface area contributed by atoms with Crippen molar-refractivity contribution in [1.29, 1.82) is 0 Å². The zero-order valence-corrected chi connectivity index (χ0v) is 14.7. The van der Waals surface area contributed by atoms with Gasteiger partial charge in [0.1, 0.15) is 0 Å². The molecule has 1 aromatic rings. The van der Waals surface area contributed by atoms with Gasteiger partial charge >= 0.3 is 5.79 Å². The van der Waals surface area contributed by atoms with Crippen molar-refractivity contribution in [3.63, 3.8) is 0 Å². The van der Waals surface area contributed by atoms with E-state index in [9.17, 15) is 4.79 Å². The Morgan fingerprint density at radius 1 is 1.18 bits per heavy atom. The lowest BCUT2D eigenvalue weighted by atomic mass is 9.77. The minimum Gasteiger partial charge on any atom is -0.413 e. The lowest BCUT2D eigenvalue weighted by Crippen LogP contribution is -2.46. The van der Waals surface area contributed by atoms with Crippen LogP contribution >= 0.6 is 22.6 Å². The molecular weight excluding hydrogens is 393 g/mol. The number of alkyl halides is 1. The molecule has 116 valence electrons. The molecule has 1 spiro atoms. The van der Waals surface area contributed by atoms with Gasteiger partial charge < -0.3 is 14.7 Å². The summed E-state index contributed by atoms with van der Waals surface area (Å²) >= 11 is 2.23. The molecule has 5 heteroatoms. The van der Waals surface area contributed by atoms with Crippen molar-refractivity contribution < 1.29 is 14.6 Å². The van der Waals surface area contributed by atoms with Gasteiger partial charge in [0.25, 0.3) is 0 Å². The summed E-state index contributed by atoms with van der Waals surface area (Å²) in [6.45, 7) is 0. The van der Waals surface area contributed by atoms with Crippen LogP contribution in [0.3, 0.4) is 0 Å². The Balaban J connectivity index is 2.10. The van der Waals surface area contributed by atoms with Crippen LogP contribution in [0.5, 0.6) is 0 Å². The van der Waals surface area contributed by atoms with Crippen molar-refractivity contribution >= 4 is 28.5 Å². The van der Waals surface area contributed by atoms with Gasteiger partial charge in [0, 0.05) is 32.2 Å². The minimum absolute atomic E-state index is 0.0145. The van der Waals surface area contributed by atoms with Crippen LogP contribution in [0, 0.1) is 0 Å². The highest BCUT2D eigenvalue weighted by Crippen LogP contribution is 2.49. The number of likely N-dealkylation sites (tertiary alicyclic amines) is 1. The zero-order chi connectivity index (χ0) is 16.0. The number of hydrogen-bond acceptors (Lipinski definition) is 2. The number of likely N-dealkylation sites (N-methyl/N-ethyl adjacent to an activating group) is 1. The number of carbonyl (C=O) groups excluding carboxylic acids is 1. The molecule has 1 aliphatic carbocycles. The molecule has 1 heterocycles. The smallest absolute Gasteiger partial charge is 0.314 e. The van der Waals surface area contributed by atoms with Crippen molar-refractivity contribution in [2.45, 2.75) is 21.2 Å². The second kappa shape index (κ2) is 5.47. The minimum atomic E-state index is -1.15. The van der Waals surface area contributed by atoms with E-state index in [2.05, 4.69) is 34.7 Å². The molecule has 4 nitrogen and oxygen atoms in total. The van der Waals surface area contributed by atoms with Crippen LogP contribution in [0.2, 0.25) is 0 Å². The quantitative estimate of drug-likeness (QED) is 0.245. The predicted octanol–water partition coefficient (Wildman–Crippen LogP) is 1.98. The number of nitrogens with zero attached hydrogens (tertiary/aromatic N) is 1. The first-order valence-electron chi connectivity index (χ1n) is 7.11. The van der Waals surface area contributed by atoms with E-state index in [0.29, 0.717) is 0 Å². The van der Waals surface area contributed by atoms with Crippen molar-refractivity contribution in [1.82, 2.24) is 4.90 Å². The van der Waals surface area contributed by atoms with Gasteiger partial charge in [0.15, 0.2) is 0 Å². The first-order chi connectivity index (χ1) is 10.4. The van der Waals surface area contributed by atoms with E-state index in [1.165, 1.54) is 7.11 Å². The number of methoxy groups -OCH3 is 1. The molecule has 1 aromatic carbocycles.